The fourth-order valence-corrected chi connectivity index (χ4v) is 3.02. The first-order chi connectivity index (χ1) is 11.1. The van der Waals surface area contributed by atoms with Crippen LogP contribution in [0.15, 0.2) is 42.9 Å². The summed E-state index contributed by atoms with van der Waals surface area (Å²) in [5.41, 5.74) is 2.02. The molecule has 5 nitrogen and oxygen atoms in total. The summed E-state index contributed by atoms with van der Waals surface area (Å²) in [5.74, 6) is 0.137. The predicted octanol–water partition coefficient (Wildman–Crippen LogP) is 2.42. The molecule has 2 aromatic rings. The minimum Gasteiger partial charge on any atom is -0.336 e. The van der Waals surface area contributed by atoms with Crippen LogP contribution in [0.4, 0.5) is 0 Å². The van der Waals surface area contributed by atoms with E-state index in [1.165, 1.54) is 5.69 Å². The van der Waals surface area contributed by atoms with Crippen LogP contribution in [0.2, 0.25) is 0 Å². The number of hydrogen-bond donors (Lipinski definition) is 0. The van der Waals surface area contributed by atoms with Crippen molar-refractivity contribution >= 4 is 5.91 Å². The van der Waals surface area contributed by atoms with Gasteiger partial charge in [0.25, 0.3) is 5.91 Å². The van der Waals surface area contributed by atoms with Crippen LogP contribution < -0.4 is 0 Å². The zero-order valence-electron chi connectivity index (χ0n) is 13.9. The Morgan fingerprint density at radius 1 is 1.13 bits per heavy atom. The maximum Gasteiger partial charge on any atom is 0.253 e. The Balaban J connectivity index is 1.56. The molecule has 0 saturated carbocycles. The molecule has 0 atom stereocenters. The first-order valence-electron chi connectivity index (χ1n) is 8.22. The van der Waals surface area contributed by atoms with Gasteiger partial charge in [0, 0.05) is 50.5 Å². The maximum atomic E-state index is 12.5. The minimum atomic E-state index is 0.137. The number of carbonyl (C=O) groups is 1. The highest BCUT2D eigenvalue weighted by atomic mass is 16.2. The summed E-state index contributed by atoms with van der Waals surface area (Å²) in [6, 6.07) is 9.96. The van der Waals surface area contributed by atoms with Crippen LogP contribution in [0, 0.1) is 0 Å². The van der Waals surface area contributed by atoms with Crippen LogP contribution in [0.25, 0.3) is 0 Å². The monoisotopic (exact) mass is 312 g/mol. The van der Waals surface area contributed by atoms with Crippen LogP contribution in [0.1, 0.15) is 35.9 Å². The molecule has 3 rings (SSSR count). The van der Waals surface area contributed by atoms with Crippen LogP contribution in [0.3, 0.4) is 0 Å². The molecule has 1 aromatic heterocycles. The lowest BCUT2D eigenvalue weighted by molar-refractivity contribution is 0.0625. The SMILES string of the molecule is CC(C)n1cncc1CN1CCN(C(=O)c2ccccc2)CC1. The van der Waals surface area contributed by atoms with E-state index in [4.69, 9.17) is 0 Å². The van der Waals surface area contributed by atoms with Gasteiger partial charge >= 0.3 is 0 Å². The zero-order chi connectivity index (χ0) is 16.2. The quantitative estimate of drug-likeness (QED) is 0.870. The molecule has 1 amide bonds. The highest BCUT2D eigenvalue weighted by Crippen LogP contribution is 2.14. The lowest BCUT2D eigenvalue weighted by Crippen LogP contribution is -2.48. The molecule has 0 N–H and O–H groups in total. The average Bonchev–Trinajstić information content (AvgIpc) is 3.04. The van der Waals surface area contributed by atoms with E-state index in [1.807, 2.05) is 47.8 Å². The van der Waals surface area contributed by atoms with Gasteiger partial charge in [0.05, 0.1) is 12.0 Å². The molecular formula is C18H24N4O. The third-order valence-electron chi connectivity index (χ3n) is 4.37. The van der Waals surface area contributed by atoms with Gasteiger partial charge in [0.15, 0.2) is 0 Å². The second-order valence-electron chi connectivity index (χ2n) is 6.32. The molecule has 0 unspecified atom stereocenters. The first-order valence-corrected chi connectivity index (χ1v) is 8.22. The van der Waals surface area contributed by atoms with Gasteiger partial charge in [-0.25, -0.2) is 4.98 Å². The molecule has 1 aliphatic rings. The molecule has 0 aliphatic carbocycles. The molecule has 1 aromatic carbocycles. The average molecular weight is 312 g/mol. The number of carbonyl (C=O) groups excluding carboxylic acids is 1. The molecule has 2 heterocycles. The summed E-state index contributed by atoms with van der Waals surface area (Å²) in [6.45, 7) is 8.60. The number of hydrogen-bond acceptors (Lipinski definition) is 3. The number of aromatic nitrogens is 2. The van der Waals surface area contributed by atoms with Crippen LogP contribution >= 0.6 is 0 Å². The van der Waals surface area contributed by atoms with E-state index < -0.39 is 0 Å². The highest BCUT2D eigenvalue weighted by molar-refractivity contribution is 5.94. The van der Waals surface area contributed by atoms with Crippen molar-refractivity contribution in [3.63, 3.8) is 0 Å². The molecule has 122 valence electrons. The molecule has 23 heavy (non-hydrogen) atoms. The van der Waals surface area contributed by atoms with E-state index >= 15 is 0 Å². The summed E-state index contributed by atoms with van der Waals surface area (Å²) in [7, 11) is 0. The molecular weight excluding hydrogens is 288 g/mol. The first kappa shape index (κ1) is 15.7. The van der Waals surface area contributed by atoms with E-state index in [0.29, 0.717) is 6.04 Å². The molecule has 5 heteroatoms. The third kappa shape index (κ3) is 3.62. The number of imidazole rings is 1. The zero-order valence-corrected chi connectivity index (χ0v) is 13.9. The van der Waals surface area contributed by atoms with Gasteiger partial charge < -0.3 is 9.47 Å². The Labute approximate surface area is 137 Å². The molecule has 1 aliphatic heterocycles. The van der Waals surface area contributed by atoms with E-state index in [2.05, 4.69) is 28.3 Å². The summed E-state index contributed by atoms with van der Waals surface area (Å²) >= 11 is 0. The van der Waals surface area contributed by atoms with E-state index in [-0.39, 0.29) is 5.91 Å². The van der Waals surface area contributed by atoms with Crippen molar-refractivity contribution in [1.82, 2.24) is 19.4 Å². The predicted molar refractivity (Wildman–Crippen MR) is 90.2 cm³/mol. The van der Waals surface area contributed by atoms with Crippen molar-refractivity contribution < 1.29 is 4.79 Å². The van der Waals surface area contributed by atoms with Gasteiger partial charge in [-0.3, -0.25) is 9.69 Å². The van der Waals surface area contributed by atoms with Gasteiger partial charge in [-0.1, -0.05) is 18.2 Å². The number of nitrogens with zero attached hydrogens (tertiary/aromatic N) is 4. The van der Waals surface area contributed by atoms with Gasteiger partial charge in [-0.2, -0.15) is 0 Å². The molecule has 0 spiro atoms. The van der Waals surface area contributed by atoms with Crippen molar-refractivity contribution in [2.45, 2.75) is 26.4 Å². The van der Waals surface area contributed by atoms with Gasteiger partial charge in [0.2, 0.25) is 0 Å². The second-order valence-corrected chi connectivity index (χ2v) is 6.32. The van der Waals surface area contributed by atoms with Crippen LogP contribution in [-0.4, -0.2) is 51.4 Å². The van der Waals surface area contributed by atoms with E-state index in [0.717, 1.165) is 38.3 Å². The second kappa shape index (κ2) is 6.96. The van der Waals surface area contributed by atoms with Crippen LogP contribution in [0.5, 0.6) is 0 Å². The van der Waals surface area contributed by atoms with E-state index in [9.17, 15) is 4.79 Å². The van der Waals surface area contributed by atoms with Crippen molar-refractivity contribution in [3.8, 4) is 0 Å². The van der Waals surface area contributed by atoms with Gasteiger partial charge in [0.1, 0.15) is 0 Å². The number of amides is 1. The Hall–Kier alpha value is -2.14. The highest BCUT2D eigenvalue weighted by Gasteiger charge is 2.22. The fourth-order valence-electron chi connectivity index (χ4n) is 3.02. The molecule has 0 radical (unpaired) electrons. The lowest BCUT2D eigenvalue weighted by atomic mass is 10.2. The van der Waals surface area contributed by atoms with Gasteiger partial charge in [-0.05, 0) is 26.0 Å². The van der Waals surface area contributed by atoms with E-state index in [1.54, 1.807) is 0 Å². The van der Waals surface area contributed by atoms with Crippen molar-refractivity contribution in [2.75, 3.05) is 26.2 Å². The molecule has 1 fully saturated rings. The largest absolute Gasteiger partial charge is 0.336 e. The number of rotatable bonds is 4. The van der Waals surface area contributed by atoms with Crippen molar-refractivity contribution in [3.05, 3.63) is 54.1 Å². The fraction of sp³-hybridized carbons (Fsp3) is 0.444. The van der Waals surface area contributed by atoms with Crippen LogP contribution in [-0.2, 0) is 6.54 Å². The molecule has 0 bridgehead atoms. The Morgan fingerprint density at radius 3 is 2.48 bits per heavy atom. The summed E-state index contributed by atoms with van der Waals surface area (Å²) in [5, 5.41) is 0. The lowest BCUT2D eigenvalue weighted by Gasteiger charge is -2.35. The maximum absolute atomic E-state index is 12.5. The Kier molecular flexibility index (Phi) is 4.76. The minimum absolute atomic E-state index is 0.137. The number of piperazine rings is 1. The Morgan fingerprint density at radius 2 is 1.83 bits per heavy atom. The van der Waals surface area contributed by atoms with Crippen molar-refractivity contribution in [1.29, 1.82) is 0 Å². The summed E-state index contributed by atoms with van der Waals surface area (Å²) < 4.78 is 2.21. The van der Waals surface area contributed by atoms with Crippen molar-refractivity contribution in [2.24, 2.45) is 0 Å². The third-order valence-corrected chi connectivity index (χ3v) is 4.37. The Bertz CT molecular complexity index is 642. The topological polar surface area (TPSA) is 41.4 Å². The standard InChI is InChI=1S/C18H24N4O/c1-15(2)22-14-19-12-17(22)13-20-8-10-21(11-9-20)18(23)16-6-4-3-5-7-16/h3-7,12,14-15H,8-11,13H2,1-2H3. The normalized spacial score (nSPS) is 16.0. The smallest absolute Gasteiger partial charge is 0.253 e. The van der Waals surface area contributed by atoms with Gasteiger partial charge in [-0.15, -0.1) is 0 Å². The molecule has 1 saturated heterocycles. The number of benzene rings is 1. The summed E-state index contributed by atoms with van der Waals surface area (Å²) in [4.78, 5) is 21.1. The summed E-state index contributed by atoms with van der Waals surface area (Å²) in [6.07, 6.45) is 3.84.